The van der Waals surface area contributed by atoms with Crippen LogP contribution in [0.2, 0.25) is 0 Å². The number of pyridine rings is 1. The van der Waals surface area contributed by atoms with Crippen molar-refractivity contribution in [2.24, 2.45) is 0 Å². The number of nitrogen functional groups attached to an aromatic ring is 1. The van der Waals surface area contributed by atoms with Crippen molar-refractivity contribution in [1.82, 2.24) is 4.98 Å². The van der Waals surface area contributed by atoms with Crippen LogP contribution in [0.25, 0.3) is 0 Å². The van der Waals surface area contributed by atoms with E-state index >= 15 is 0 Å². The van der Waals surface area contributed by atoms with Crippen LogP contribution in [0.15, 0.2) is 12.3 Å². The Morgan fingerprint density at radius 1 is 1.76 bits per heavy atom. The Morgan fingerprint density at radius 3 is 3.12 bits per heavy atom. The van der Waals surface area contributed by atoms with Gasteiger partial charge in [0.05, 0.1) is 30.8 Å². The number of ether oxygens (including phenoxy) is 2. The zero-order valence-electron chi connectivity index (χ0n) is 9.60. The predicted molar refractivity (Wildman–Crippen MR) is 62.8 cm³/mol. The maximum absolute atomic E-state index is 11.3. The number of nitrogens with zero attached hydrogens (tertiary/aromatic N) is 1. The van der Waals surface area contributed by atoms with Gasteiger partial charge in [0.1, 0.15) is 0 Å². The van der Waals surface area contributed by atoms with E-state index in [0.717, 1.165) is 13.0 Å². The highest BCUT2D eigenvalue weighted by molar-refractivity contribution is 5.89. The van der Waals surface area contributed by atoms with E-state index in [1.807, 2.05) is 0 Å². The molecule has 0 aliphatic carbocycles. The Kier molecular flexibility index (Phi) is 3.43. The van der Waals surface area contributed by atoms with Gasteiger partial charge in [0.15, 0.2) is 5.69 Å². The molecule has 6 nitrogen and oxygen atoms in total. The summed E-state index contributed by atoms with van der Waals surface area (Å²) in [7, 11) is 1.32. The number of carbonyl (C=O) groups is 1. The molecule has 2 heterocycles. The number of nitrogens with one attached hydrogen (secondary N) is 1. The lowest BCUT2D eigenvalue weighted by molar-refractivity contribution is -0.0410. The zero-order chi connectivity index (χ0) is 12.3. The normalized spacial score (nSPS) is 18.3. The number of aromatic nitrogens is 1. The lowest BCUT2D eigenvalue weighted by atomic mass is 10.2. The van der Waals surface area contributed by atoms with Crippen LogP contribution in [0.3, 0.4) is 0 Å². The molecule has 1 aromatic rings. The molecule has 2 rings (SSSR count). The number of esters is 1. The second kappa shape index (κ2) is 5.01. The van der Waals surface area contributed by atoms with Crippen LogP contribution < -0.4 is 11.1 Å². The highest BCUT2D eigenvalue weighted by Gasteiger charge is 2.18. The topological polar surface area (TPSA) is 86.5 Å². The molecule has 1 atom stereocenters. The Morgan fingerprint density at radius 2 is 2.53 bits per heavy atom. The van der Waals surface area contributed by atoms with Gasteiger partial charge in [0.2, 0.25) is 0 Å². The Labute approximate surface area is 99.1 Å². The van der Waals surface area contributed by atoms with Crippen molar-refractivity contribution in [3.05, 3.63) is 18.0 Å². The average Bonchev–Trinajstić information content (AvgIpc) is 2.28. The van der Waals surface area contributed by atoms with E-state index in [0.29, 0.717) is 17.9 Å². The molecule has 0 saturated carbocycles. The number of hydrogen-bond donors (Lipinski definition) is 2. The van der Waals surface area contributed by atoms with Gasteiger partial charge in [-0.3, -0.25) is 0 Å². The molecular formula is C11H15N3O3. The average molecular weight is 237 g/mol. The summed E-state index contributed by atoms with van der Waals surface area (Å²) in [6, 6.07) is 1.58. The summed E-state index contributed by atoms with van der Waals surface area (Å²) in [5.74, 6) is -0.479. The molecule has 0 amide bonds. The first-order valence-corrected chi connectivity index (χ1v) is 5.40. The summed E-state index contributed by atoms with van der Waals surface area (Å²) in [4.78, 5) is 15.2. The van der Waals surface area contributed by atoms with E-state index in [-0.39, 0.29) is 11.8 Å². The molecule has 6 heteroatoms. The first-order chi connectivity index (χ1) is 8.20. The van der Waals surface area contributed by atoms with E-state index in [4.69, 9.17) is 10.5 Å². The largest absolute Gasteiger partial charge is 0.464 e. The Hall–Kier alpha value is -1.82. The lowest BCUT2D eigenvalue weighted by Gasteiger charge is -2.27. The van der Waals surface area contributed by atoms with Crippen molar-refractivity contribution >= 4 is 17.3 Å². The van der Waals surface area contributed by atoms with Crippen molar-refractivity contribution in [1.29, 1.82) is 0 Å². The number of anilines is 2. The molecule has 1 unspecified atom stereocenters. The summed E-state index contributed by atoms with van der Waals surface area (Å²) in [5, 5.41) is 3.14. The van der Waals surface area contributed by atoms with Crippen LogP contribution >= 0.6 is 0 Å². The minimum atomic E-state index is -0.479. The van der Waals surface area contributed by atoms with Crippen LogP contribution in [0.1, 0.15) is 16.9 Å². The molecule has 1 fully saturated rings. The summed E-state index contributed by atoms with van der Waals surface area (Å²) in [6.45, 7) is 1.49. The standard InChI is InChI=1S/C11H15N3O3/c1-16-11(15)10-4-9(8(12)6-14-10)13-5-7-2-3-17-7/h4,6-7H,2-3,5,12H2,1H3,(H,13,14). The Bertz CT molecular complexity index is 418. The molecule has 1 aliphatic rings. The van der Waals surface area contributed by atoms with Crippen molar-refractivity contribution in [2.45, 2.75) is 12.5 Å². The molecule has 0 spiro atoms. The lowest BCUT2D eigenvalue weighted by Crippen LogP contribution is -2.33. The predicted octanol–water partition coefficient (Wildman–Crippen LogP) is 0.651. The first kappa shape index (κ1) is 11.7. The first-order valence-electron chi connectivity index (χ1n) is 5.40. The van der Waals surface area contributed by atoms with E-state index in [1.165, 1.54) is 13.3 Å². The van der Waals surface area contributed by atoms with Crippen LogP contribution in [0.5, 0.6) is 0 Å². The van der Waals surface area contributed by atoms with Gasteiger partial charge < -0.3 is 20.5 Å². The molecule has 0 radical (unpaired) electrons. The van der Waals surface area contributed by atoms with Crippen LogP contribution in [-0.4, -0.2) is 37.3 Å². The maximum atomic E-state index is 11.3. The molecule has 3 N–H and O–H groups in total. The van der Waals surface area contributed by atoms with Crippen molar-refractivity contribution in [3.8, 4) is 0 Å². The third kappa shape index (κ3) is 2.65. The molecule has 92 valence electrons. The Balaban J connectivity index is 2.05. The van der Waals surface area contributed by atoms with E-state index in [1.54, 1.807) is 6.07 Å². The number of nitrogens with two attached hydrogens (primary N) is 1. The monoisotopic (exact) mass is 237 g/mol. The van der Waals surface area contributed by atoms with Gasteiger partial charge in [0, 0.05) is 13.2 Å². The van der Waals surface area contributed by atoms with Gasteiger partial charge in [-0.2, -0.15) is 0 Å². The van der Waals surface area contributed by atoms with E-state index < -0.39 is 5.97 Å². The quantitative estimate of drug-likeness (QED) is 0.748. The molecule has 17 heavy (non-hydrogen) atoms. The fraction of sp³-hybridized carbons (Fsp3) is 0.455. The molecular weight excluding hydrogens is 222 g/mol. The second-order valence-corrected chi connectivity index (χ2v) is 3.81. The minimum Gasteiger partial charge on any atom is -0.464 e. The van der Waals surface area contributed by atoms with Crippen LogP contribution in [-0.2, 0) is 9.47 Å². The molecule has 1 saturated heterocycles. The fourth-order valence-corrected chi connectivity index (χ4v) is 1.50. The van der Waals surface area contributed by atoms with E-state index in [2.05, 4.69) is 15.0 Å². The van der Waals surface area contributed by atoms with Gasteiger partial charge in [-0.1, -0.05) is 0 Å². The number of rotatable bonds is 4. The van der Waals surface area contributed by atoms with Gasteiger partial charge in [0.25, 0.3) is 0 Å². The van der Waals surface area contributed by atoms with Crippen LogP contribution in [0, 0.1) is 0 Å². The molecule has 1 aromatic heterocycles. The second-order valence-electron chi connectivity index (χ2n) is 3.81. The number of carbonyl (C=O) groups excluding carboxylic acids is 1. The van der Waals surface area contributed by atoms with Crippen LogP contribution in [0.4, 0.5) is 11.4 Å². The molecule has 0 bridgehead atoms. The van der Waals surface area contributed by atoms with Gasteiger partial charge in [-0.15, -0.1) is 0 Å². The third-order valence-electron chi connectivity index (χ3n) is 2.64. The summed E-state index contributed by atoms with van der Waals surface area (Å²) < 4.78 is 9.87. The van der Waals surface area contributed by atoms with E-state index in [9.17, 15) is 4.79 Å². The van der Waals surface area contributed by atoms with Gasteiger partial charge >= 0.3 is 5.97 Å². The molecule has 1 aliphatic heterocycles. The maximum Gasteiger partial charge on any atom is 0.356 e. The minimum absolute atomic E-state index is 0.226. The fourth-order valence-electron chi connectivity index (χ4n) is 1.50. The number of methoxy groups -OCH3 is 1. The van der Waals surface area contributed by atoms with Gasteiger partial charge in [-0.25, -0.2) is 9.78 Å². The summed E-state index contributed by atoms with van der Waals surface area (Å²) >= 11 is 0. The summed E-state index contributed by atoms with van der Waals surface area (Å²) in [6.07, 6.45) is 2.71. The van der Waals surface area contributed by atoms with Crippen molar-refractivity contribution < 1.29 is 14.3 Å². The highest BCUT2D eigenvalue weighted by atomic mass is 16.5. The van der Waals surface area contributed by atoms with Gasteiger partial charge in [-0.05, 0) is 12.5 Å². The van der Waals surface area contributed by atoms with Crippen molar-refractivity contribution in [3.63, 3.8) is 0 Å². The highest BCUT2D eigenvalue weighted by Crippen LogP contribution is 2.20. The zero-order valence-corrected chi connectivity index (χ0v) is 9.60. The van der Waals surface area contributed by atoms with Crippen molar-refractivity contribution in [2.75, 3.05) is 31.3 Å². The smallest absolute Gasteiger partial charge is 0.356 e. The SMILES string of the molecule is COC(=O)c1cc(NCC2CCO2)c(N)cn1. The molecule has 0 aromatic carbocycles. The number of hydrogen-bond acceptors (Lipinski definition) is 6. The summed E-state index contributed by atoms with van der Waals surface area (Å²) in [5.41, 5.74) is 7.17. The third-order valence-corrected chi connectivity index (χ3v) is 2.64.